The molecule has 4 rings (SSSR count). The van der Waals surface area contributed by atoms with Gasteiger partial charge in [0.25, 0.3) is 5.91 Å². The number of phenols is 1. The topological polar surface area (TPSA) is 67.2 Å². The monoisotopic (exact) mass is 367 g/mol. The molecule has 6 heteroatoms. The molecule has 1 atom stereocenters. The Balaban J connectivity index is 1.24. The van der Waals surface area contributed by atoms with E-state index in [4.69, 9.17) is 0 Å². The Bertz CT molecular complexity index is 801. The van der Waals surface area contributed by atoms with Gasteiger partial charge in [-0.05, 0) is 43.3 Å². The van der Waals surface area contributed by atoms with Crippen LogP contribution in [0.4, 0.5) is 5.69 Å². The number of carbonyl (C=O) groups excluding carboxylic acids is 1. The van der Waals surface area contributed by atoms with Gasteiger partial charge >= 0.3 is 0 Å². The Morgan fingerprint density at radius 1 is 0.926 bits per heavy atom. The number of amides is 1. The lowest BCUT2D eigenvalue weighted by Crippen LogP contribution is -2.47. The molecule has 1 amide bonds. The van der Waals surface area contributed by atoms with Crippen molar-refractivity contribution in [2.75, 3.05) is 44.2 Å². The zero-order valence-corrected chi connectivity index (χ0v) is 15.3. The molecule has 1 saturated heterocycles. The van der Waals surface area contributed by atoms with E-state index in [1.807, 2.05) is 30.3 Å². The van der Waals surface area contributed by atoms with E-state index in [1.165, 1.54) is 0 Å². The third-order valence-corrected chi connectivity index (χ3v) is 5.49. The first kappa shape index (κ1) is 17.8. The number of hydrogen-bond donors (Lipinski definition) is 2. The summed E-state index contributed by atoms with van der Waals surface area (Å²) in [6.45, 7) is 5.31. The van der Waals surface area contributed by atoms with Gasteiger partial charge in [-0.2, -0.15) is 0 Å². The molecule has 1 unspecified atom stereocenters. The maximum absolute atomic E-state index is 12.4. The van der Waals surface area contributed by atoms with E-state index in [-0.39, 0.29) is 11.7 Å². The minimum atomic E-state index is -0.819. The number of carbonyl (C=O) groups is 1. The van der Waals surface area contributed by atoms with Crippen molar-refractivity contribution < 1.29 is 15.0 Å². The molecule has 0 radical (unpaired) electrons. The lowest BCUT2D eigenvalue weighted by molar-refractivity contribution is 0.0160. The number of fused-ring (bicyclic) bond motifs is 1. The number of aliphatic hydroxyl groups is 1. The van der Waals surface area contributed by atoms with Crippen LogP contribution in [-0.4, -0.2) is 65.2 Å². The predicted molar refractivity (Wildman–Crippen MR) is 104 cm³/mol. The molecular formula is C21H25N3O3. The lowest BCUT2D eigenvalue weighted by atomic mass is 10.1. The highest BCUT2D eigenvalue weighted by molar-refractivity contribution is 5.98. The van der Waals surface area contributed by atoms with E-state index in [2.05, 4.69) is 9.80 Å². The van der Waals surface area contributed by atoms with Crippen molar-refractivity contribution in [1.82, 2.24) is 9.80 Å². The van der Waals surface area contributed by atoms with Crippen molar-refractivity contribution >= 4 is 11.6 Å². The molecule has 2 heterocycles. The van der Waals surface area contributed by atoms with Crippen molar-refractivity contribution in [3.05, 3.63) is 59.7 Å². The van der Waals surface area contributed by atoms with Crippen LogP contribution in [0.1, 0.15) is 28.6 Å². The van der Waals surface area contributed by atoms with E-state index in [1.54, 1.807) is 23.1 Å². The molecule has 2 N–H and O–H groups in total. The van der Waals surface area contributed by atoms with Crippen LogP contribution in [0.2, 0.25) is 0 Å². The van der Waals surface area contributed by atoms with Gasteiger partial charge in [0.2, 0.25) is 0 Å². The Kier molecular flexibility index (Phi) is 5.01. The number of phenolic OH excluding ortho intramolecular Hbond substituents is 1. The van der Waals surface area contributed by atoms with E-state index in [9.17, 15) is 15.0 Å². The average molecular weight is 367 g/mol. The van der Waals surface area contributed by atoms with Gasteiger partial charge in [0.1, 0.15) is 5.75 Å². The molecule has 0 aromatic heterocycles. The second-order valence-electron chi connectivity index (χ2n) is 7.16. The molecule has 0 spiro atoms. The molecule has 2 aromatic carbocycles. The minimum Gasteiger partial charge on any atom is -0.508 e. The summed E-state index contributed by atoms with van der Waals surface area (Å²) in [5.41, 5.74) is 2.47. The van der Waals surface area contributed by atoms with Crippen molar-refractivity contribution in [3.63, 3.8) is 0 Å². The zero-order valence-electron chi connectivity index (χ0n) is 15.3. The fourth-order valence-corrected chi connectivity index (χ4v) is 3.93. The molecule has 0 bridgehead atoms. The highest BCUT2D eigenvalue weighted by atomic mass is 16.3. The van der Waals surface area contributed by atoms with E-state index in [0.29, 0.717) is 17.7 Å². The molecular weight excluding hydrogens is 342 g/mol. The Morgan fingerprint density at radius 2 is 1.63 bits per heavy atom. The fraction of sp³-hybridized carbons (Fsp3) is 0.381. The van der Waals surface area contributed by atoms with Gasteiger partial charge in [0, 0.05) is 49.5 Å². The third-order valence-electron chi connectivity index (χ3n) is 5.49. The minimum absolute atomic E-state index is 0.0738. The number of nitrogens with zero attached hydrogens (tertiary/aromatic N) is 3. The first-order valence-electron chi connectivity index (χ1n) is 9.48. The van der Waals surface area contributed by atoms with Gasteiger partial charge in [-0.1, -0.05) is 18.2 Å². The number of hydrogen-bond acceptors (Lipinski definition) is 5. The second-order valence-corrected chi connectivity index (χ2v) is 7.16. The second kappa shape index (κ2) is 7.58. The zero-order chi connectivity index (χ0) is 18.8. The average Bonchev–Trinajstić information content (AvgIpc) is 2.94. The summed E-state index contributed by atoms with van der Waals surface area (Å²) < 4.78 is 0. The van der Waals surface area contributed by atoms with Gasteiger partial charge in [-0.15, -0.1) is 0 Å². The van der Waals surface area contributed by atoms with Crippen LogP contribution in [0.3, 0.4) is 0 Å². The van der Waals surface area contributed by atoms with Gasteiger partial charge < -0.3 is 20.0 Å². The first-order valence-corrected chi connectivity index (χ1v) is 9.48. The van der Waals surface area contributed by atoms with Gasteiger partial charge in [0.05, 0.1) is 0 Å². The summed E-state index contributed by atoms with van der Waals surface area (Å²) in [6, 6.07) is 14.6. The van der Waals surface area contributed by atoms with Crippen molar-refractivity contribution in [2.45, 2.75) is 12.6 Å². The maximum Gasteiger partial charge on any atom is 0.256 e. The smallest absolute Gasteiger partial charge is 0.256 e. The van der Waals surface area contributed by atoms with Crippen LogP contribution in [0.25, 0.3) is 0 Å². The molecule has 0 saturated carbocycles. The first-order chi connectivity index (χ1) is 13.1. The molecule has 27 heavy (non-hydrogen) atoms. The van der Waals surface area contributed by atoms with Crippen LogP contribution in [0.15, 0.2) is 48.5 Å². The largest absolute Gasteiger partial charge is 0.508 e. The number of piperazine rings is 1. The molecule has 2 aliphatic rings. The summed E-state index contributed by atoms with van der Waals surface area (Å²) in [7, 11) is 0. The normalized spacial score (nSPS) is 20.2. The van der Waals surface area contributed by atoms with E-state index >= 15 is 0 Å². The maximum atomic E-state index is 12.4. The Hall–Kier alpha value is -2.57. The quantitative estimate of drug-likeness (QED) is 0.847. The Labute approximate surface area is 159 Å². The van der Waals surface area contributed by atoms with Gasteiger partial charge in [0.15, 0.2) is 6.23 Å². The fourth-order valence-electron chi connectivity index (χ4n) is 3.93. The molecule has 1 fully saturated rings. The number of benzene rings is 2. The van der Waals surface area contributed by atoms with Crippen LogP contribution in [-0.2, 0) is 0 Å². The summed E-state index contributed by atoms with van der Waals surface area (Å²) in [6.07, 6.45) is 0.0238. The van der Waals surface area contributed by atoms with Crippen LogP contribution in [0.5, 0.6) is 5.75 Å². The van der Waals surface area contributed by atoms with Crippen LogP contribution in [0, 0.1) is 0 Å². The van der Waals surface area contributed by atoms with E-state index < -0.39 is 6.23 Å². The van der Waals surface area contributed by atoms with Crippen molar-refractivity contribution in [2.24, 2.45) is 0 Å². The van der Waals surface area contributed by atoms with E-state index in [0.717, 1.165) is 44.8 Å². The lowest BCUT2D eigenvalue weighted by Gasteiger charge is -2.36. The molecule has 2 aromatic rings. The van der Waals surface area contributed by atoms with Gasteiger partial charge in [-0.25, -0.2) is 0 Å². The highest BCUT2D eigenvalue weighted by Gasteiger charge is 2.34. The summed E-state index contributed by atoms with van der Waals surface area (Å²) in [5.74, 6) is 0.216. The summed E-state index contributed by atoms with van der Waals surface area (Å²) in [5, 5.41) is 19.8. The summed E-state index contributed by atoms with van der Waals surface area (Å²) in [4.78, 5) is 18.7. The molecule has 142 valence electrons. The summed E-state index contributed by atoms with van der Waals surface area (Å²) >= 11 is 0. The number of anilines is 1. The third kappa shape index (κ3) is 3.63. The van der Waals surface area contributed by atoms with Crippen molar-refractivity contribution in [3.8, 4) is 5.75 Å². The van der Waals surface area contributed by atoms with Crippen molar-refractivity contribution in [1.29, 1.82) is 0 Å². The molecule has 2 aliphatic heterocycles. The SMILES string of the molecule is O=C1c2ccccc2C(O)N1CCCN1CCN(c2ccc(O)cc2)CC1. The molecule has 6 nitrogen and oxygen atoms in total. The number of aromatic hydroxyl groups is 1. The van der Waals surface area contributed by atoms with Gasteiger partial charge in [-0.3, -0.25) is 9.69 Å². The standard InChI is InChI=1S/C21H25N3O3/c25-17-8-6-16(7-9-17)23-14-12-22(13-15-23)10-3-11-24-20(26)18-4-1-2-5-19(18)21(24)27/h1-2,4-9,20,25-26H,3,10-15H2. The predicted octanol–water partition coefficient (Wildman–Crippen LogP) is 2.05. The number of aliphatic hydroxyl groups excluding tert-OH is 1. The Morgan fingerprint density at radius 3 is 2.33 bits per heavy atom. The number of rotatable bonds is 5. The molecule has 0 aliphatic carbocycles. The van der Waals surface area contributed by atoms with Crippen LogP contribution < -0.4 is 4.90 Å². The highest BCUT2D eigenvalue weighted by Crippen LogP contribution is 2.31. The van der Waals surface area contributed by atoms with Crippen LogP contribution >= 0.6 is 0 Å².